The van der Waals surface area contributed by atoms with E-state index in [2.05, 4.69) is 4.90 Å². The van der Waals surface area contributed by atoms with E-state index in [1.54, 1.807) is 6.07 Å². The van der Waals surface area contributed by atoms with Gasteiger partial charge in [0.05, 0.1) is 18.0 Å². The van der Waals surface area contributed by atoms with Crippen molar-refractivity contribution in [1.29, 1.82) is 0 Å². The van der Waals surface area contributed by atoms with Gasteiger partial charge in [-0.1, -0.05) is 12.8 Å². The highest BCUT2D eigenvalue weighted by Gasteiger charge is 2.36. The summed E-state index contributed by atoms with van der Waals surface area (Å²) in [6, 6.07) is 3.76. The van der Waals surface area contributed by atoms with Gasteiger partial charge in [0.2, 0.25) is 0 Å². The zero-order valence-electron chi connectivity index (χ0n) is 12.1. The first-order valence-electron chi connectivity index (χ1n) is 7.69. The highest BCUT2D eigenvalue weighted by atomic mass is 19.1. The lowest BCUT2D eigenvalue weighted by atomic mass is 9.85. The van der Waals surface area contributed by atoms with Crippen LogP contribution in [0.25, 0.3) is 0 Å². The van der Waals surface area contributed by atoms with Gasteiger partial charge in [0, 0.05) is 24.7 Å². The number of hydrogen-bond acceptors (Lipinski definition) is 3. The normalized spacial score (nSPS) is 25.6. The summed E-state index contributed by atoms with van der Waals surface area (Å²) in [5.41, 5.74) is 7.52. The van der Waals surface area contributed by atoms with E-state index >= 15 is 0 Å². The molecule has 2 unspecified atom stereocenters. The molecule has 0 bridgehead atoms. The van der Waals surface area contributed by atoms with Crippen molar-refractivity contribution in [3.05, 3.63) is 17.9 Å². The molecule has 3 rings (SSSR count). The second-order valence-electron chi connectivity index (χ2n) is 5.87. The number of anilines is 2. The van der Waals surface area contributed by atoms with Crippen LogP contribution in [-0.2, 0) is 0 Å². The van der Waals surface area contributed by atoms with Crippen molar-refractivity contribution in [3.63, 3.8) is 0 Å². The number of rotatable bonds is 3. The molecule has 2 N–H and O–H groups in total. The summed E-state index contributed by atoms with van der Waals surface area (Å²) >= 11 is 0. The summed E-state index contributed by atoms with van der Waals surface area (Å²) in [6.45, 7) is 3.35. The molecular weight excluding hydrogens is 255 g/mol. The van der Waals surface area contributed by atoms with Crippen LogP contribution in [0.15, 0.2) is 12.1 Å². The largest absolute Gasteiger partial charge is 0.491 e. The van der Waals surface area contributed by atoms with Gasteiger partial charge in [0.1, 0.15) is 0 Å². The number of fused-ring (bicyclic) bond motifs is 1. The molecule has 0 amide bonds. The predicted octanol–water partition coefficient (Wildman–Crippen LogP) is 3.58. The Hall–Kier alpha value is -1.45. The van der Waals surface area contributed by atoms with Gasteiger partial charge in [-0.2, -0.15) is 0 Å². The Morgan fingerprint density at radius 1 is 1.30 bits per heavy atom. The average molecular weight is 278 g/mol. The van der Waals surface area contributed by atoms with Crippen LogP contribution < -0.4 is 15.4 Å². The fourth-order valence-corrected chi connectivity index (χ4v) is 3.78. The topological polar surface area (TPSA) is 38.5 Å². The van der Waals surface area contributed by atoms with Gasteiger partial charge in [0.25, 0.3) is 0 Å². The van der Waals surface area contributed by atoms with E-state index in [-0.39, 0.29) is 5.82 Å². The zero-order valence-corrected chi connectivity index (χ0v) is 12.1. The molecule has 1 aromatic rings. The third-order valence-electron chi connectivity index (χ3n) is 4.70. The molecule has 110 valence electrons. The van der Waals surface area contributed by atoms with Crippen LogP contribution >= 0.6 is 0 Å². The maximum absolute atomic E-state index is 13.8. The van der Waals surface area contributed by atoms with Crippen LogP contribution in [0.5, 0.6) is 5.75 Å². The highest BCUT2D eigenvalue weighted by Crippen LogP contribution is 2.42. The molecule has 1 saturated carbocycles. The standard InChI is InChI=1S/C16H23FN2O/c1-2-20-16-10-15(13(18)9-12(16)17)19-8-7-11-5-3-4-6-14(11)19/h9-11,14H,2-8,18H2,1H3. The Morgan fingerprint density at radius 2 is 2.10 bits per heavy atom. The lowest BCUT2D eigenvalue weighted by Crippen LogP contribution is -2.35. The molecule has 1 aliphatic heterocycles. The smallest absolute Gasteiger partial charge is 0.167 e. The molecule has 3 nitrogen and oxygen atoms in total. The van der Waals surface area contributed by atoms with E-state index in [9.17, 15) is 4.39 Å². The Morgan fingerprint density at radius 3 is 2.90 bits per heavy atom. The van der Waals surface area contributed by atoms with Crippen molar-refractivity contribution in [1.82, 2.24) is 0 Å². The molecule has 1 saturated heterocycles. The molecule has 0 aromatic heterocycles. The van der Waals surface area contributed by atoms with Gasteiger partial charge in [-0.15, -0.1) is 0 Å². The number of nitrogen functional groups attached to an aromatic ring is 1. The Kier molecular flexibility index (Phi) is 3.72. The lowest BCUT2D eigenvalue weighted by Gasteiger charge is -2.34. The van der Waals surface area contributed by atoms with Crippen LogP contribution in [0, 0.1) is 11.7 Å². The van der Waals surface area contributed by atoms with Gasteiger partial charge in [-0.3, -0.25) is 0 Å². The van der Waals surface area contributed by atoms with E-state index < -0.39 is 0 Å². The number of nitrogens with two attached hydrogens (primary N) is 1. The summed E-state index contributed by atoms with van der Waals surface area (Å²) in [5, 5.41) is 0. The maximum Gasteiger partial charge on any atom is 0.167 e. The average Bonchev–Trinajstić information content (AvgIpc) is 2.86. The molecule has 20 heavy (non-hydrogen) atoms. The van der Waals surface area contributed by atoms with Gasteiger partial charge >= 0.3 is 0 Å². The molecule has 1 aliphatic carbocycles. The van der Waals surface area contributed by atoms with Gasteiger partial charge < -0.3 is 15.4 Å². The Balaban J connectivity index is 1.91. The second kappa shape index (κ2) is 5.51. The summed E-state index contributed by atoms with van der Waals surface area (Å²) < 4.78 is 19.2. The van der Waals surface area contributed by atoms with Crippen LogP contribution in [0.2, 0.25) is 0 Å². The van der Waals surface area contributed by atoms with Crippen molar-refractivity contribution in [2.45, 2.75) is 45.1 Å². The van der Waals surface area contributed by atoms with Crippen molar-refractivity contribution < 1.29 is 9.13 Å². The van der Waals surface area contributed by atoms with Crippen molar-refractivity contribution in [2.75, 3.05) is 23.8 Å². The molecule has 2 aliphatic rings. The third kappa shape index (κ3) is 2.32. The van der Waals surface area contributed by atoms with E-state index in [0.717, 1.165) is 18.2 Å². The summed E-state index contributed by atoms with van der Waals surface area (Å²) in [5.74, 6) is 0.729. The van der Waals surface area contributed by atoms with Gasteiger partial charge in [-0.05, 0) is 32.1 Å². The van der Waals surface area contributed by atoms with E-state index in [0.29, 0.717) is 24.1 Å². The third-order valence-corrected chi connectivity index (χ3v) is 4.70. The maximum atomic E-state index is 13.8. The van der Waals surface area contributed by atoms with Crippen molar-refractivity contribution >= 4 is 11.4 Å². The molecule has 4 heteroatoms. The second-order valence-corrected chi connectivity index (χ2v) is 5.87. The molecule has 2 atom stereocenters. The van der Waals surface area contributed by atoms with Gasteiger partial charge in [-0.25, -0.2) is 4.39 Å². The van der Waals surface area contributed by atoms with E-state index in [4.69, 9.17) is 10.5 Å². The Labute approximate surface area is 119 Å². The fraction of sp³-hybridized carbons (Fsp3) is 0.625. The van der Waals surface area contributed by atoms with Crippen LogP contribution in [0.3, 0.4) is 0 Å². The molecular formula is C16H23FN2O. The summed E-state index contributed by atoms with van der Waals surface area (Å²) in [6.07, 6.45) is 6.41. The van der Waals surface area contributed by atoms with Gasteiger partial charge in [0.15, 0.2) is 11.6 Å². The first kappa shape index (κ1) is 13.5. The van der Waals surface area contributed by atoms with Crippen molar-refractivity contribution in [3.8, 4) is 5.75 Å². The molecule has 1 aromatic carbocycles. The molecule has 2 fully saturated rings. The molecule has 1 heterocycles. The minimum absolute atomic E-state index is 0.316. The zero-order chi connectivity index (χ0) is 14.1. The fourth-order valence-electron chi connectivity index (χ4n) is 3.78. The minimum Gasteiger partial charge on any atom is -0.491 e. The van der Waals surface area contributed by atoms with E-state index in [1.807, 2.05) is 6.92 Å². The van der Waals surface area contributed by atoms with Crippen LogP contribution in [0.4, 0.5) is 15.8 Å². The predicted molar refractivity (Wildman–Crippen MR) is 79.7 cm³/mol. The van der Waals surface area contributed by atoms with Crippen LogP contribution in [0.1, 0.15) is 39.0 Å². The summed E-state index contributed by atoms with van der Waals surface area (Å²) in [7, 11) is 0. The first-order valence-corrected chi connectivity index (χ1v) is 7.69. The Bertz CT molecular complexity index is 492. The minimum atomic E-state index is -0.368. The monoisotopic (exact) mass is 278 g/mol. The molecule has 0 radical (unpaired) electrons. The highest BCUT2D eigenvalue weighted by molar-refractivity contribution is 5.71. The first-order chi connectivity index (χ1) is 9.70. The lowest BCUT2D eigenvalue weighted by molar-refractivity contribution is 0.321. The van der Waals surface area contributed by atoms with Crippen molar-refractivity contribution in [2.24, 2.45) is 5.92 Å². The summed E-state index contributed by atoms with van der Waals surface area (Å²) in [4.78, 5) is 2.38. The number of nitrogens with zero attached hydrogens (tertiary/aromatic N) is 1. The number of halogens is 1. The molecule has 0 spiro atoms. The quantitative estimate of drug-likeness (QED) is 0.859. The SMILES string of the molecule is CCOc1cc(N2CCC3CCCCC32)c(N)cc1F. The number of benzene rings is 1. The number of ether oxygens (including phenoxy) is 1. The van der Waals surface area contributed by atoms with Crippen LogP contribution in [-0.4, -0.2) is 19.2 Å². The number of hydrogen-bond donors (Lipinski definition) is 1. The van der Waals surface area contributed by atoms with E-state index in [1.165, 1.54) is 38.2 Å².